The van der Waals surface area contributed by atoms with Crippen molar-refractivity contribution in [2.45, 2.75) is 6.61 Å². The summed E-state index contributed by atoms with van der Waals surface area (Å²) in [7, 11) is 0. The Morgan fingerprint density at radius 2 is 1.72 bits per heavy atom. The van der Waals surface area contributed by atoms with Crippen LogP contribution in [0.2, 0.25) is 5.02 Å². The van der Waals surface area contributed by atoms with E-state index in [1.807, 2.05) is 30.3 Å². The van der Waals surface area contributed by atoms with Gasteiger partial charge in [0, 0.05) is 15.1 Å². The summed E-state index contributed by atoms with van der Waals surface area (Å²) in [6.45, 7) is 0.356. The molecule has 0 aromatic heterocycles. The van der Waals surface area contributed by atoms with Crippen molar-refractivity contribution in [2.24, 2.45) is 0 Å². The molecule has 0 aliphatic carbocycles. The number of hydrogen-bond donors (Lipinski definition) is 1. The molecule has 0 atom stereocenters. The number of rotatable bonds is 6. The van der Waals surface area contributed by atoms with Crippen LogP contribution in [-0.2, 0) is 6.61 Å². The van der Waals surface area contributed by atoms with Gasteiger partial charge < -0.3 is 9.84 Å². The predicted octanol–water partition coefficient (Wildman–Crippen LogP) is 6.44. The predicted molar refractivity (Wildman–Crippen MR) is 117 cm³/mol. The number of nitrogens with zero attached hydrogens (tertiary/aromatic N) is 1. The second-order valence-electron chi connectivity index (χ2n) is 6.15. The van der Waals surface area contributed by atoms with E-state index in [0.29, 0.717) is 28.5 Å². The molecule has 0 fully saturated rings. The highest BCUT2D eigenvalue weighted by molar-refractivity contribution is 9.10. The summed E-state index contributed by atoms with van der Waals surface area (Å²) >= 11 is 9.36. The molecule has 0 spiro atoms. The smallest absolute Gasteiger partial charge is 0.335 e. The Morgan fingerprint density at radius 3 is 2.34 bits per heavy atom. The summed E-state index contributed by atoms with van der Waals surface area (Å²) in [5.41, 5.74) is 2.89. The van der Waals surface area contributed by atoms with E-state index < -0.39 is 5.97 Å². The summed E-state index contributed by atoms with van der Waals surface area (Å²) in [5, 5.41) is 19.3. The van der Waals surface area contributed by atoms with Crippen molar-refractivity contribution in [1.82, 2.24) is 0 Å². The zero-order valence-electron chi connectivity index (χ0n) is 15.1. The molecule has 4 nitrogen and oxygen atoms in total. The van der Waals surface area contributed by atoms with Crippen LogP contribution < -0.4 is 4.74 Å². The molecule has 0 bridgehead atoms. The quantitative estimate of drug-likeness (QED) is 0.334. The van der Waals surface area contributed by atoms with Crippen molar-refractivity contribution in [2.75, 3.05) is 0 Å². The molecule has 0 amide bonds. The maximum Gasteiger partial charge on any atom is 0.335 e. The van der Waals surface area contributed by atoms with Crippen molar-refractivity contribution in [3.05, 3.63) is 98.5 Å². The monoisotopic (exact) mass is 467 g/mol. The van der Waals surface area contributed by atoms with Crippen molar-refractivity contribution >= 4 is 45.1 Å². The zero-order valence-corrected chi connectivity index (χ0v) is 17.4. The first-order valence-electron chi connectivity index (χ1n) is 8.58. The van der Waals surface area contributed by atoms with E-state index in [2.05, 4.69) is 22.0 Å². The second-order valence-corrected chi connectivity index (χ2v) is 7.50. The molecule has 3 aromatic carbocycles. The lowest BCUT2D eigenvalue weighted by molar-refractivity contribution is 0.0697. The standard InChI is InChI=1S/C23H15BrClNO3/c24-20-7-10-22(29-14-15-1-8-21(25)9-2-15)18(12-20)11-19(13-26)16-3-5-17(6-4-16)23(27)28/h1-12H,14H2,(H,27,28)/b19-11-. The van der Waals surface area contributed by atoms with Gasteiger partial charge in [-0.1, -0.05) is 51.8 Å². The maximum absolute atomic E-state index is 11.0. The van der Waals surface area contributed by atoms with Crippen LogP contribution in [0.25, 0.3) is 11.6 Å². The third-order valence-corrected chi connectivity index (χ3v) is 4.89. The van der Waals surface area contributed by atoms with Gasteiger partial charge in [-0.3, -0.25) is 0 Å². The molecule has 0 heterocycles. The highest BCUT2D eigenvalue weighted by atomic mass is 79.9. The van der Waals surface area contributed by atoms with Crippen molar-refractivity contribution in [1.29, 1.82) is 5.26 Å². The maximum atomic E-state index is 11.0. The fourth-order valence-corrected chi connectivity index (χ4v) is 3.14. The first-order valence-corrected chi connectivity index (χ1v) is 9.75. The van der Waals surface area contributed by atoms with Crippen LogP contribution in [0, 0.1) is 11.3 Å². The van der Waals surface area contributed by atoms with Gasteiger partial charge in [-0.05, 0) is 59.7 Å². The van der Waals surface area contributed by atoms with Crippen LogP contribution in [0.1, 0.15) is 27.0 Å². The summed E-state index contributed by atoms with van der Waals surface area (Å²) in [5.74, 6) is -0.387. The molecule has 6 heteroatoms. The molecular weight excluding hydrogens is 454 g/mol. The minimum Gasteiger partial charge on any atom is -0.488 e. The minimum atomic E-state index is -1.01. The molecule has 0 aliphatic rings. The summed E-state index contributed by atoms with van der Waals surface area (Å²) in [6, 6.07) is 21.3. The van der Waals surface area contributed by atoms with Crippen LogP contribution in [-0.4, -0.2) is 11.1 Å². The summed E-state index contributed by atoms with van der Waals surface area (Å²) < 4.78 is 6.80. The van der Waals surface area contributed by atoms with Gasteiger partial charge in [0.25, 0.3) is 0 Å². The summed E-state index contributed by atoms with van der Waals surface area (Å²) in [6.07, 6.45) is 1.72. The minimum absolute atomic E-state index is 0.167. The van der Waals surface area contributed by atoms with Crippen molar-refractivity contribution in [3.63, 3.8) is 0 Å². The molecule has 0 aliphatic heterocycles. The third kappa shape index (κ3) is 5.47. The van der Waals surface area contributed by atoms with Gasteiger partial charge in [-0.25, -0.2) is 4.79 Å². The van der Waals surface area contributed by atoms with Gasteiger partial charge in [-0.15, -0.1) is 0 Å². The number of carboxylic acids is 1. The van der Waals surface area contributed by atoms with E-state index in [1.54, 1.807) is 30.3 Å². The van der Waals surface area contributed by atoms with Gasteiger partial charge in [0.1, 0.15) is 12.4 Å². The van der Waals surface area contributed by atoms with Gasteiger partial charge in [-0.2, -0.15) is 5.26 Å². The van der Waals surface area contributed by atoms with E-state index in [4.69, 9.17) is 21.4 Å². The Hall–Kier alpha value is -3.07. The lowest BCUT2D eigenvalue weighted by atomic mass is 10.0. The number of halogens is 2. The SMILES string of the molecule is N#C/C(=C/c1cc(Br)ccc1OCc1ccc(Cl)cc1)c1ccc(C(=O)O)cc1. The highest BCUT2D eigenvalue weighted by Crippen LogP contribution is 2.29. The molecule has 0 radical (unpaired) electrons. The molecule has 0 unspecified atom stereocenters. The molecule has 0 saturated carbocycles. The number of hydrogen-bond acceptors (Lipinski definition) is 3. The van der Waals surface area contributed by atoms with Crippen LogP contribution in [0.5, 0.6) is 5.75 Å². The average Bonchev–Trinajstić information content (AvgIpc) is 2.72. The molecule has 1 N–H and O–H groups in total. The lowest BCUT2D eigenvalue weighted by Gasteiger charge is -2.11. The fourth-order valence-electron chi connectivity index (χ4n) is 2.63. The van der Waals surface area contributed by atoms with E-state index in [0.717, 1.165) is 15.6 Å². The largest absolute Gasteiger partial charge is 0.488 e. The number of ether oxygens (including phenoxy) is 1. The highest BCUT2D eigenvalue weighted by Gasteiger charge is 2.09. The Kier molecular flexibility index (Phi) is 6.71. The van der Waals surface area contributed by atoms with Gasteiger partial charge in [0.2, 0.25) is 0 Å². The average molecular weight is 469 g/mol. The van der Waals surface area contributed by atoms with Crippen molar-refractivity contribution < 1.29 is 14.6 Å². The number of aromatic carboxylic acids is 1. The Morgan fingerprint density at radius 1 is 1.07 bits per heavy atom. The van der Waals surface area contributed by atoms with Crippen LogP contribution >= 0.6 is 27.5 Å². The Balaban J connectivity index is 1.89. The first-order chi connectivity index (χ1) is 14.0. The Labute approximate surface area is 181 Å². The molecule has 3 aromatic rings. The number of nitriles is 1. The van der Waals surface area contributed by atoms with Crippen LogP contribution in [0.15, 0.2) is 71.2 Å². The van der Waals surface area contributed by atoms with Crippen molar-refractivity contribution in [3.8, 4) is 11.8 Å². The molecule has 0 saturated heterocycles. The van der Waals surface area contributed by atoms with Crippen LogP contribution in [0.4, 0.5) is 0 Å². The molecule has 144 valence electrons. The second kappa shape index (κ2) is 9.42. The van der Waals surface area contributed by atoms with Gasteiger partial charge in [0.05, 0.1) is 17.2 Å². The van der Waals surface area contributed by atoms with Gasteiger partial charge >= 0.3 is 5.97 Å². The third-order valence-electron chi connectivity index (χ3n) is 4.14. The summed E-state index contributed by atoms with van der Waals surface area (Å²) in [4.78, 5) is 11.0. The normalized spacial score (nSPS) is 11.0. The van der Waals surface area contributed by atoms with E-state index in [9.17, 15) is 10.1 Å². The van der Waals surface area contributed by atoms with E-state index in [-0.39, 0.29) is 5.56 Å². The van der Waals surface area contributed by atoms with E-state index >= 15 is 0 Å². The molecular formula is C23H15BrClNO3. The number of allylic oxidation sites excluding steroid dienone is 1. The zero-order chi connectivity index (χ0) is 20.8. The molecule has 29 heavy (non-hydrogen) atoms. The molecule has 3 rings (SSSR count). The van der Waals surface area contributed by atoms with E-state index in [1.165, 1.54) is 12.1 Å². The fraction of sp³-hybridized carbons (Fsp3) is 0.0435. The number of carbonyl (C=O) groups is 1. The first kappa shape index (κ1) is 20.7. The topological polar surface area (TPSA) is 70.3 Å². The lowest BCUT2D eigenvalue weighted by Crippen LogP contribution is -1.97. The number of carboxylic acid groups (broad SMARTS) is 1. The Bertz CT molecular complexity index is 1100. The number of benzene rings is 3. The van der Waals surface area contributed by atoms with Crippen LogP contribution in [0.3, 0.4) is 0 Å². The van der Waals surface area contributed by atoms with Gasteiger partial charge in [0.15, 0.2) is 0 Å².